The molecule has 0 aliphatic carbocycles. The second-order valence-corrected chi connectivity index (χ2v) is 5.80. The van der Waals surface area contributed by atoms with E-state index >= 15 is 0 Å². The van der Waals surface area contributed by atoms with E-state index in [0.29, 0.717) is 0 Å². The van der Waals surface area contributed by atoms with E-state index in [0.717, 1.165) is 41.6 Å². The zero-order chi connectivity index (χ0) is 17.5. The van der Waals surface area contributed by atoms with Crippen LogP contribution in [0.3, 0.4) is 0 Å². The second kappa shape index (κ2) is 8.19. The first-order valence-electron chi connectivity index (χ1n) is 8.47. The van der Waals surface area contributed by atoms with Gasteiger partial charge in [0.25, 0.3) is 5.91 Å². The van der Waals surface area contributed by atoms with E-state index < -0.39 is 0 Å². The van der Waals surface area contributed by atoms with Crippen LogP contribution in [0.4, 0.5) is 0 Å². The molecule has 0 saturated heterocycles. The number of para-hydroxylation sites is 1. The molecule has 1 aromatic heterocycles. The number of hydrogen-bond donors (Lipinski definition) is 1. The summed E-state index contributed by atoms with van der Waals surface area (Å²) in [5.74, 6) is -0.222. The Kier molecular flexibility index (Phi) is 5.51. The molecular weight excluding hydrogens is 314 g/mol. The average Bonchev–Trinajstić information content (AvgIpc) is 3.05. The van der Waals surface area contributed by atoms with Crippen LogP contribution in [0.25, 0.3) is 11.0 Å². The topological polar surface area (TPSA) is 72.2 Å². The fourth-order valence-electron chi connectivity index (χ4n) is 2.57. The fourth-order valence-corrected chi connectivity index (χ4v) is 2.57. The Morgan fingerprint density at radius 1 is 1.12 bits per heavy atom. The van der Waals surface area contributed by atoms with Crippen LogP contribution >= 0.6 is 0 Å². The van der Waals surface area contributed by atoms with Crippen molar-refractivity contribution in [1.29, 1.82) is 0 Å². The molecule has 1 amide bonds. The third-order valence-electron chi connectivity index (χ3n) is 3.90. The largest absolute Gasteiger partial charge is 0.271 e. The van der Waals surface area contributed by atoms with Crippen LogP contribution in [0.2, 0.25) is 0 Å². The molecule has 6 nitrogen and oxygen atoms in total. The van der Waals surface area contributed by atoms with Gasteiger partial charge in [-0.2, -0.15) is 5.10 Å². The van der Waals surface area contributed by atoms with Gasteiger partial charge >= 0.3 is 0 Å². The van der Waals surface area contributed by atoms with Gasteiger partial charge in [-0.1, -0.05) is 61.0 Å². The first-order chi connectivity index (χ1) is 12.3. The average molecular weight is 335 g/mol. The van der Waals surface area contributed by atoms with Gasteiger partial charge in [-0.3, -0.25) is 4.79 Å². The number of nitrogens with one attached hydrogen (secondary N) is 1. The number of carbonyl (C=O) groups is 1. The minimum Gasteiger partial charge on any atom is -0.271 e. The van der Waals surface area contributed by atoms with Crippen molar-refractivity contribution in [2.45, 2.75) is 32.7 Å². The summed E-state index contributed by atoms with van der Waals surface area (Å²) >= 11 is 0. The van der Waals surface area contributed by atoms with Crippen molar-refractivity contribution in [3.63, 3.8) is 0 Å². The van der Waals surface area contributed by atoms with Crippen LogP contribution in [0.5, 0.6) is 0 Å². The molecule has 0 aliphatic heterocycles. The van der Waals surface area contributed by atoms with Crippen molar-refractivity contribution >= 4 is 22.7 Å². The first-order valence-corrected chi connectivity index (χ1v) is 8.47. The van der Waals surface area contributed by atoms with Crippen LogP contribution in [-0.2, 0) is 11.3 Å². The molecule has 3 rings (SSSR count). The Morgan fingerprint density at radius 2 is 1.88 bits per heavy atom. The lowest BCUT2D eigenvalue weighted by molar-refractivity contribution is -0.121. The normalized spacial score (nSPS) is 11.6. The summed E-state index contributed by atoms with van der Waals surface area (Å²) in [5, 5.41) is 12.4. The molecule has 0 radical (unpaired) electrons. The molecule has 0 unspecified atom stereocenters. The van der Waals surface area contributed by atoms with Crippen molar-refractivity contribution in [2.75, 3.05) is 0 Å². The van der Waals surface area contributed by atoms with Gasteiger partial charge in [0.2, 0.25) is 0 Å². The third-order valence-corrected chi connectivity index (χ3v) is 3.90. The smallest absolute Gasteiger partial charge is 0.261 e. The molecule has 3 aromatic rings. The Bertz CT molecular complexity index is 870. The molecule has 0 saturated carbocycles. The second-order valence-electron chi connectivity index (χ2n) is 5.80. The number of amides is 1. The monoisotopic (exact) mass is 335 g/mol. The molecule has 1 N–H and O–H groups in total. The number of hydrazone groups is 1. The fraction of sp³-hybridized carbons (Fsp3) is 0.263. The number of rotatable bonds is 7. The highest BCUT2D eigenvalue weighted by molar-refractivity contribution is 6.01. The highest BCUT2D eigenvalue weighted by atomic mass is 16.2. The number of unbranched alkanes of at least 4 members (excludes halogenated alkanes) is 1. The van der Waals surface area contributed by atoms with Gasteiger partial charge < -0.3 is 0 Å². The maximum absolute atomic E-state index is 12.3. The maximum Gasteiger partial charge on any atom is 0.261 e. The zero-order valence-corrected chi connectivity index (χ0v) is 14.2. The van der Waals surface area contributed by atoms with Gasteiger partial charge in [0.15, 0.2) is 0 Å². The summed E-state index contributed by atoms with van der Waals surface area (Å²) in [5.41, 5.74) is 6.17. The Labute approximate surface area is 146 Å². The molecule has 0 atom stereocenters. The molecule has 128 valence electrons. The van der Waals surface area contributed by atoms with Crippen LogP contribution in [0, 0.1) is 0 Å². The molecule has 0 bridgehead atoms. The van der Waals surface area contributed by atoms with Gasteiger partial charge in [0, 0.05) is 0 Å². The summed E-state index contributed by atoms with van der Waals surface area (Å²) in [4.78, 5) is 12.3. The summed E-state index contributed by atoms with van der Waals surface area (Å²) in [6, 6.07) is 17.5. The van der Waals surface area contributed by atoms with Crippen molar-refractivity contribution in [3.05, 3.63) is 60.2 Å². The predicted molar refractivity (Wildman–Crippen MR) is 98.2 cm³/mol. The summed E-state index contributed by atoms with van der Waals surface area (Å²) in [6.07, 6.45) is 2.93. The number of carbonyl (C=O) groups excluding carboxylic acids is 1. The summed E-state index contributed by atoms with van der Waals surface area (Å²) < 4.78 is 1.58. The van der Waals surface area contributed by atoms with E-state index in [2.05, 4.69) is 27.8 Å². The minimum absolute atomic E-state index is 0.0832. The van der Waals surface area contributed by atoms with Gasteiger partial charge in [0.1, 0.15) is 12.1 Å². The third kappa shape index (κ3) is 4.29. The van der Waals surface area contributed by atoms with Crippen molar-refractivity contribution in [2.24, 2.45) is 5.10 Å². The highest BCUT2D eigenvalue weighted by Gasteiger charge is 2.09. The maximum atomic E-state index is 12.3. The highest BCUT2D eigenvalue weighted by Crippen LogP contribution is 2.10. The molecule has 0 aliphatic rings. The first kappa shape index (κ1) is 16.8. The molecule has 6 heteroatoms. The Morgan fingerprint density at radius 3 is 2.68 bits per heavy atom. The van der Waals surface area contributed by atoms with Crippen LogP contribution in [0.15, 0.2) is 59.7 Å². The van der Waals surface area contributed by atoms with Crippen LogP contribution in [-0.4, -0.2) is 26.6 Å². The summed E-state index contributed by atoms with van der Waals surface area (Å²) in [6.45, 7) is 2.22. The van der Waals surface area contributed by atoms with E-state index in [9.17, 15) is 4.79 Å². The number of benzene rings is 2. The lowest BCUT2D eigenvalue weighted by Crippen LogP contribution is -2.25. The molecule has 2 aromatic carbocycles. The Hall–Kier alpha value is -3.02. The lowest BCUT2D eigenvalue weighted by atomic mass is 10.1. The number of hydrogen-bond acceptors (Lipinski definition) is 4. The molecular formula is C19H21N5O. The van der Waals surface area contributed by atoms with E-state index in [1.54, 1.807) is 4.68 Å². The van der Waals surface area contributed by atoms with Gasteiger partial charge in [-0.25, -0.2) is 10.1 Å². The number of fused-ring (bicyclic) bond motifs is 1. The minimum atomic E-state index is -0.222. The number of aromatic nitrogens is 3. The number of nitrogens with zero attached hydrogens (tertiary/aromatic N) is 4. The van der Waals surface area contributed by atoms with E-state index in [1.165, 1.54) is 0 Å². The molecule has 0 fully saturated rings. The van der Waals surface area contributed by atoms with Crippen molar-refractivity contribution in [1.82, 2.24) is 20.4 Å². The summed E-state index contributed by atoms with van der Waals surface area (Å²) in [7, 11) is 0. The standard InChI is InChI=1S/C19H21N5O/c1-2-3-11-16(15-9-5-4-6-10-15)20-22-19(25)14-24-18-13-8-7-12-17(18)21-23-24/h4-10,12-13H,2-3,11,14H2,1H3,(H,22,25)/b20-16-. The van der Waals surface area contributed by atoms with Gasteiger partial charge in [-0.05, 0) is 30.5 Å². The molecule has 25 heavy (non-hydrogen) atoms. The predicted octanol–water partition coefficient (Wildman–Crippen LogP) is 3.14. The van der Waals surface area contributed by atoms with Crippen molar-refractivity contribution < 1.29 is 4.79 Å². The molecule has 1 heterocycles. The van der Waals surface area contributed by atoms with Gasteiger partial charge in [0.05, 0.1) is 11.2 Å². The quantitative estimate of drug-likeness (QED) is 0.532. The lowest BCUT2D eigenvalue weighted by Gasteiger charge is -2.07. The van der Waals surface area contributed by atoms with Crippen molar-refractivity contribution in [3.8, 4) is 0 Å². The SMILES string of the molecule is CCCC/C(=N/NC(=O)Cn1nnc2ccccc21)c1ccccc1. The van der Waals surface area contributed by atoms with E-state index in [-0.39, 0.29) is 12.5 Å². The zero-order valence-electron chi connectivity index (χ0n) is 14.2. The Balaban J connectivity index is 1.70. The van der Waals surface area contributed by atoms with E-state index in [1.807, 2.05) is 54.6 Å². The van der Waals surface area contributed by atoms with E-state index in [4.69, 9.17) is 0 Å². The molecule has 0 spiro atoms. The van der Waals surface area contributed by atoms with Crippen LogP contribution < -0.4 is 5.43 Å². The van der Waals surface area contributed by atoms with Gasteiger partial charge in [-0.15, -0.1) is 5.10 Å². The van der Waals surface area contributed by atoms with Crippen LogP contribution in [0.1, 0.15) is 31.7 Å².